The average molecular weight is 448 g/mol. The summed E-state index contributed by atoms with van der Waals surface area (Å²) < 4.78 is 11.0. The van der Waals surface area contributed by atoms with Crippen LogP contribution in [0.1, 0.15) is 36.8 Å². The van der Waals surface area contributed by atoms with Crippen LogP contribution in [0, 0.1) is 0 Å². The van der Waals surface area contributed by atoms with Crippen molar-refractivity contribution in [2.24, 2.45) is 0 Å². The molecule has 1 amide bonds. The minimum atomic E-state index is -0.595. The van der Waals surface area contributed by atoms with Gasteiger partial charge in [0, 0.05) is 19.4 Å². The number of aliphatic hydroxyl groups is 1. The third-order valence-corrected chi connectivity index (χ3v) is 6.10. The second-order valence-corrected chi connectivity index (χ2v) is 8.36. The van der Waals surface area contributed by atoms with Crippen LogP contribution in [0.5, 0.6) is 11.5 Å². The molecule has 4 bridgehead atoms. The predicted octanol–water partition coefficient (Wildman–Crippen LogP) is 4.54. The number of nitrogens with zero attached hydrogens (tertiary/aromatic N) is 1. The fraction of sp³-hybridized carbons (Fsp3) is 0.333. The van der Waals surface area contributed by atoms with Crippen molar-refractivity contribution >= 4 is 11.7 Å². The number of fused-ring (bicyclic) bond motifs is 9. The molecule has 3 aliphatic heterocycles. The number of hydrogen-bond donors (Lipinski definition) is 1. The molecule has 0 radical (unpaired) electrons. The van der Waals surface area contributed by atoms with Crippen molar-refractivity contribution in [1.82, 2.24) is 4.90 Å². The van der Waals surface area contributed by atoms with Crippen LogP contribution < -0.4 is 9.47 Å². The normalized spacial score (nSPS) is 20.5. The smallest absolute Gasteiger partial charge is 0.261 e. The van der Waals surface area contributed by atoms with Gasteiger partial charge in [-0.3, -0.25) is 9.59 Å². The number of ketones is 1. The standard InChI is InChI=1S/C27H29NO5/c1-32-21-12-10-20(11-13-21)18-28-23-17-19-8-14-22(15-9-19)33-16-6-4-2-3-5-7-24(29)25(26(23)30)27(28)31/h4,6,8-15,23,30H,2-3,5,7,16-18H2,1H3/b6-4-/t23-/m0/s1. The number of hydrogen-bond acceptors (Lipinski definition) is 5. The molecule has 0 spiro atoms. The lowest BCUT2D eigenvalue weighted by atomic mass is 10.0. The Kier molecular flexibility index (Phi) is 7.13. The first-order valence-electron chi connectivity index (χ1n) is 11.3. The van der Waals surface area contributed by atoms with Crippen LogP contribution in [-0.4, -0.2) is 41.5 Å². The van der Waals surface area contributed by atoms with Crippen molar-refractivity contribution in [3.8, 4) is 11.5 Å². The van der Waals surface area contributed by atoms with Gasteiger partial charge in [-0.1, -0.05) is 36.4 Å². The summed E-state index contributed by atoms with van der Waals surface area (Å²) in [5.74, 6) is 0.681. The number of rotatable bonds is 3. The number of allylic oxidation sites excluding steroid dienone is 1. The first-order chi connectivity index (χ1) is 16.1. The number of carbonyl (C=O) groups is 2. The second-order valence-electron chi connectivity index (χ2n) is 8.36. The Labute approximate surface area is 194 Å². The lowest BCUT2D eigenvalue weighted by molar-refractivity contribution is -0.129. The number of Topliss-reactive ketones (excluding diaryl/α,β-unsaturated/α-hetero) is 1. The van der Waals surface area contributed by atoms with E-state index in [-0.39, 0.29) is 23.5 Å². The van der Waals surface area contributed by atoms with E-state index in [0.29, 0.717) is 26.0 Å². The van der Waals surface area contributed by atoms with Gasteiger partial charge in [-0.15, -0.1) is 0 Å². The number of benzene rings is 2. The van der Waals surface area contributed by atoms with Gasteiger partial charge in [0.25, 0.3) is 5.91 Å². The van der Waals surface area contributed by atoms with E-state index in [1.54, 1.807) is 12.0 Å². The van der Waals surface area contributed by atoms with E-state index in [4.69, 9.17) is 9.47 Å². The van der Waals surface area contributed by atoms with Gasteiger partial charge in [-0.2, -0.15) is 0 Å². The first-order valence-corrected chi connectivity index (χ1v) is 11.3. The summed E-state index contributed by atoms with van der Waals surface area (Å²) in [6.07, 6.45) is 7.00. The summed E-state index contributed by atoms with van der Waals surface area (Å²) in [6.45, 7) is 0.790. The molecule has 6 nitrogen and oxygen atoms in total. The molecule has 0 saturated heterocycles. The second kappa shape index (κ2) is 10.4. The van der Waals surface area contributed by atoms with Gasteiger partial charge >= 0.3 is 0 Å². The highest BCUT2D eigenvalue weighted by molar-refractivity contribution is 6.21. The zero-order valence-electron chi connectivity index (χ0n) is 18.8. The predicted molar refractivity (Wildman–Crippen MR) is 125 cm³/mol. The van der Waals surface area contributed by atoms with E-state index >= 15 is 0 Å². The molecule has 1 N–H and O–H groups in total. The van der Waals surface area contributed by atoms with E-state index in [1.165, 1.54) is 0 Å². The maximum Gasteiger partial charge on any atom is 0.261 e. The Bertz CT molecular complexity index is 1050. The Balaban J connectivity index is 1.64. The first kappa shape index (κ1) is 22.6. The number of carbonyl (C=O) groups excluding carboxylic acids is 2. The van der Waals surface area contributed by atoms with Gasteiger partial charge in [-0.25, -0.2) is 0 Å². The van der Waals surface area contributed by atoms with Crippen molar-refractivity contribution in [2.45, 2.75) is 44.7 Å². The van der Waals surface area contributed by atoms with Crippen molar-refractivity contribution in [3.05, 3.63) is 83.1 Å². The van der Waals surface area contributed by atoms with Crippen LogP contribution in [0.25, 0.3) is 0 Å². The molecule has 1 atom stereocenters. The van der Waals surface area contributed by atoms with Gasteiger partial charge in [0.1, 0.15) is 29.4 Å². The van der Waals surface area contributed by atoms with Gasteiger partial charge in [-0.05, 0) is 54.7 Å². The molecule has 172 valence electrons. The average Bonchev–Trinajstić information content (AvgIpc) is 3.05. The number of ether oxygens (including phenoxy) is 2. The number of methoxy groups -OCH3 is 1. The van der Waals surface area contributed by atoms with Gasteiger partial charge in [0.15, 0.2) is 5.78 Å². The summed E-state index contributed by atoms with van der Waals surface area (Å²) in [7, 11) is 1.60. The maximum absolute atomic E-state index is 13.3. The van der Waals surface area contributed by atoms with Crippen molar-refractivity contribution < 1.29 is 24.2 Å². The Morgan fingerprint density at radius 3 is 2.52 bits per heavy atom. The molecular formula is C27H29NO5. The molecule has 33 heavy (non-hydrogen) atoms. The van der Waals surface area contributed by atoms with Crippen LogP contribution in [0.2, 0.25) is 0 Å². The Morgan fingerprint density at radius 1 is 1.03 bits per heavy atom. The highest BCUT2D eigenvalue weighted by Gasteiger charge is 2.42. The summed E-state index contributed by atoms with van der Waals surface area (Å²) >= 11 is 0. The van der Waals surface area contributed by atoms with Crippen LogP contribution in [0.3, 0.4) is 0 Å². The van der Waals surface area contributed by atoms with E-state index in [2.05, 4.69) is 0 Å². The summed E-state index contributed by atoms with van der Waals surface area (Å²) in [6, 6.07) is 14.5. The van der Waals surface area contributed by atoms with Crippen LogP contribution in [0.4, 0.5) is 0 Å². The van der Waals surface area contributed by atoms with Gasteiger partial charge < -0.3 is 19.5 Å². The van der Waals surface area contributed by atoms with E-state index < -0.39 is 11.9 Å². The van der Waals surface area contributed by atoms with Crippen molar-refractivity contribution in [1.29, 1.82) is 0 Å². The Morgan fingerprint density at radius 2 is 1.79 bits per heavy atom. The largest absolute Gasteiger partial charge is 0.509 e. The third-order valence-electron chi connectivity index (χ3n) is 6.10. The Hall–Kier alpha value is -3.54. The third kappa shape index (κ3) is 5.28. The number of aliphatic hydroxyl groups excluding tert-OH is 1. The van der Waals surface area contributed by atoms with Crippen LogP contribution >= 0.6 is 0 Å². The minimum Gasteiger partial charge on any atom is -0.509 e. The zero-order chi connectivity index (χ0) is 23.2. The molecular weight excluding hydrogens is 418 g/mol. The molecule has 5 rings (SSSR count). The quantitative estimate of drug-likeness (QED) is 0.552. The molecule has 6 heteroatoms. The van der Waals surface area contributed by atoms with E-state index in [1.807, 2.05) is 60.7 Å². The molecule has 0 aromatic heterocycles. The van der Waals surface area contributed by atoms with Crippen LogP contribution in [0.15, 0.2) is 72.0 Å². The molecule has 0 saturated carbocycles. The molecule has 0 fully saturated rings. The van der Waals surface area contributed by atoms with Crippen molar-refractivity contribution in [2.75, 3.05) is 13.7 Å². The van der Waals surface area contributed by atoms with E-state index in [0.717, 1.165) is 35.5 Å². The SMILES string of the molecule is COc1ccc(CN2C(=O)C3=C(O)[C@@H]2Cc2ccc(cc2)OC/C=C\CCCCC3=O)cc1. The highest BCUT2D eigenvalue weighted by atomic mass is 16.5. The topological polar surface area (TPSA) is 76.1 Å². The maximum atomic E-state index is 13.3. The van der Waals surface area contributed by atoms with E-state index in [9.17, 15) is 14.7 Å². The molecule has 0 aliphatic carbocycles. The highest BCUT2D eigenvalue weighted by Crippen LogP contribution is 2.31. The van der Waals surface area contributed by atoms with Crippen LogP contribution in [-0.2, 0) is 22.6 Å². The number of amides is 1. The molecule has 3 heterocycles. The fourth-order valence-electron chi connectivity index (χ4n) is 4.24. The minimum absolute atomic E-state index is 0.0617. The monoisotopic (exact) mass is 447 g/mol. The lowest BCUT2D eigenvalue weighted by Crippen LogP contribution is -2.37. The summed E-state index contributed by atoms with van der Waals surface area (Å²) in [4.78, 5) is 27.8. The summed E-state index contributed by atoms with van der Waals surface area (Å²) in [5.41, 5.74) is 1.78. The van der Waals surface area contributed by atoms with Gasteiger partial charge in [0.05, 0.1) is 13.2 Å². The molecule has 0 unspecified atom stereocenters. The molecule has 2 aromatic rings. The van der Waals surface area contributed by atoms with Crippen molar-refractivity contribution in [3.63, 3.8) is 0 Å². The summed E-state index contributed by atoms with van der Waals surface area (Å²) in [5, 5.41) is 11.0. The lowest BCUT2D eigenvalue weighted by Gasteiger charge is -2.26. The fourth-order valence-corrected chi connectivity index (χ4v) is 4.24. The molecule has 2 aromatic carbocycles. The zero-order valence-corrected chi connectivity index (χ0v) is 18.8. The molecule has 3 aliphatic rings. The van der Waals surface area contributed by atoms with Gasteiger partial charge in [0.2, 0.25) is 0 Å².